The molecule has 466 valence electrons. The molecule has 0 aliphatic rings. The van der Waals surface area contributed by atoms with Crippen LogP contribution in [0, 0.1) is 0 Å². The lowest BCUT2D eigenvalue weighted by Gasteiger charge is -2.18. The van der Waals surface area contributed by atoms with Gasteiger partial charge in [0.1, 0.15) is 13.2 Å². The van der Waals surface area contributed by atoms with Gasteiger partial charge in [-0.05, 0) is 154 Å². The molecule has 0 amide bonds. The Labute approximate surface area is 511 Å². The zero-order chi connectivity index (χ0) is 59.9. The Bertz CT molecular complexity index is 1890. The smallest absolute Gasteiger partial charge is 0.306 e. The molecule has 0 N–H and O–H groups in total. The number of hydrogen-bond acceptors (Lipinski definition) is 6. The minimum Gasteiger partial charge on any atom is -0.462 e. The van der Waals surface area contributed by atoms with Crippen LogP contribution in [0.5, 0.6) is 0 Å². The molecule has 0 rings (SSSR count). The molecule has 0 spiro atoms. The van der Waals surface area contributed by atoms with Gasteiger partial charge in [0.15, 0.2) is 6.10 Å². The SMILES string of the molecule is CC/C=C\C/C=C\C/C=C\C/C=C\C/C=C\C/C=C\C/C=C\C/C=C\C/C=C\CCCCCCCC(=O)OCC(COC(=O)CCCCCCC/C=C\C/C=C\CCC)OC(=O)CCCCCCCC/C=C\C/C=C\C/C=C\CCCCC. The zero-order valence-electron chi connectivity index (χ0n) is 53.4. The third-order valence-corrected chi connectivity index (χ3v) is 13.7. The second-order valence-corrected chi connectivity index (χ2v) is 21.6. The van der Waals surface area contributed by atoms with E-state index < -0.39 is 6.10 Å². The Balaban J connectivity index is 4.39. The number of carbonyl (C=O) groups is 3. The van der Waals surface area contributed by atoms with Crippen molar-refractivity contribution in [1.29, 1.82) is 0 Å². The van der Waals surface area contributed by atoms with Gasteiger partial charge in [-0.25, -0.2) is 0 Å². The van der Waals surface area contributed by atoms with Crippen molar-refractivity contribution in [3.05, 3.63) is 170 Å². The van der Waals surface area contributed by atoms with Crippen molar-refractivity contribution in [2.75, 3.05) is 13.2 Å². The van der Waals surface area contributed by atoms with Gasteiger partial charge >= 0.3 is 17.9 Å². The van der Waals surface area contributed by atoms with Crippen LogP contribution in [0.3, 0.4) is 0 Å². The first-order chi connectivity index (χ1) is 41.0. The fourth-order valence-corrected chi connectivity index (χ4v) is 8.66. The molecule has 6 heteroatoms. The van der Waals surface area contributed by atoms with Crippen LogP contribution in [-0.2, 0) is 28.6 Å². The lowest BCUT2D eigenvalue weighted by atomic mass is 10.1. The van der Waals surface area contributed by atoms with Crippen LogP contribution in [0.4, 0.5) is 0 Å². The van der Waals surface area contributed by atoms with Crippen LogP contribution in [0.2, 0.25) is 0 Å². The van der Waals surface area contributed by atoms with E-state index in [0.717, 1.165) is 193 Å². The summed E-state index contributed by atoms with van der Waals surface area (Å²) in [7, 11) is 0. The molecule has 0 saturated heterocycles. The van der Waals surface area contributed by atoms with Crippen LogP contribution in [0.15, 0.2) is 170 Å². The van der Waals surface area contributed by atoms with E-state index in [1.165, 1.54) is 44.9 Å². The van der Waals surface area contributed by atoms with Crippen molar-refractivity contribution >= 4 is 17.9 Å². The monoisotopic (exact) mass is 1140 g/mol. The molecule has 0 aliphatic carbocycles. The molecule has 0 radical (unpaired) electrons. The van der Waals surface area contributed by atoms with Gasteiger partial charge in [0, 0.05) is 19.3 Å². The van der Waals surface area contributed by atoms with Crippen molar-refractivity contribution in [1.82, 2.24) is 0 Å². The fraction of sp³-hybridized carbons (Fsp3) is 0.597. The van der Waals surface area contributed by atoms with E-state index in [9.17, 15) is 14.4 Å². The summed E-state index contributed by atoms with van der Waals surface area (Å²) in [6.45, 7) is 6.39. The van der Waals surface area contributed by atoms with Gasteiger partial charge in [0.05, 0.1) is 0 Å². The van der Waals surface area contributed by atoms with Crippen molar-refractivity contribution in [2.24, 2.45) is 0 Å². The molecule has 0 saturated carbocycles. The molecule has 0 aromatic heterocycles. The first kappa shape index (κ1) is 77.8. The molecular formula is C77H122O6. The van der Waals surface area contributed by atoms with Crippen LogP contribution >= 0.6 is 0 Å². The number of ether oxygens (including phenoxy) is 3. The molecular weight excluding hydrogens is 1020 g/mol. The number of rotatable bonds is 59. The highest BCUT2D eigenvalue weighted by molar-refractivity contribution is 5.71. The maximum Gasteiger partial charge on any atom is 0.306 e. The predicted octanol–water partition coefficient (Wildman–Crippen LogP) is 23.4. The summed E-state index contributed by atoms with van der Waals surface area (Å²) in [5, 5.41) is 0. The van der Waals surface area contributed by atoms with Crippen molar-refractivity contribution in [3.63, 3.8) is 0 Å². The van der Waals surface area contributed by atoms with Crippen molar-refractivity contribution in [2.45, 2.75) is 284 Å². The Morgan fingerprint density at radius 2 is 0.494 bits per heavy atom. The maximum atomic E-state index is 12.9. The van der Waals surface area contributed by atoms with Gasteiger partial charge in [-0.2, -0.15) is 0 Å². The number of unbranched alkanes of at least 4 members (excludes halogenated alkanes) is 20. The number of esters is 3. The predicted molar refractivity (Wildman–Crippen MR) is 361 cm³/mol. The van der Waals surface area contributed by atoms with Crippen LogP contribution in [0.25, 0.3) is 0 Å². The average molecular weight is 1140 g/mol. The van der Waals surface area contributed by atoms with E-state index in [-0.39, 0.29) is 31.1 Å². The Morgan fingerprint density at radius 3 is 0.783 bits per heavy atom. The van der Waals surface area contributed by atoms with Crippen molar-refractivity contribution in [3.8, 4) is 0 Å². The van der Waals surface area contributed by atoms with Crippen LogP contribution < -0.4 is 0 Å². The second-order valence-electron chi connectivity index (χ2n) is 21.6. The van der Waals surface area contributed by atoms with Gasteiger partial charge < -0.3 is 14.2 Å². The van der Waals surface area contributed by atoms with Crippen LogP contribution in [0.1, 0.15) is 278 Å². The van der Waals surface area contributed by atoms with E-state index in [1.54, 1.807) is 0 Å². The Hall–Kier alpha value is -5.23. The first-order valence-electron chi connectivity index (χ1n) is 33.6. The highest BCUT2D eigenvalue weighted by atomic mass is 16.6. The van der Waals surface area contributed by atoms with E-state index in [2.05, 4.69) is 191 Å². The second kappa shape index (κ2) is 69.3. The molecule has 1 unspecified atom stereocenters. The molecule has 0 aromatic rings. The topological polar surface area (TPSA) is 78.9 Å². The summed E-state index contributed by atoms with van der Waals surface area (Å²) in [5.74, 6) is -0.952. The van der Waals surface area contributed by atoms with E-state index in [4.69, 9.17) is 14.2 Å². The standard InChI is InChI=1S/C77H122O6/c1-4-7-10-13-16-19-22-25-27-29-31-32-33-34-35-36-37-38-39-40-41-42-43-44-46-47-49-52-55-58-61-64-67-70-76(79)82-73-74(72-81-75(78)69-66-63-60-57-54-51-24-21-18-15-12-9-6-3)83-77(80)71-68-65-62-59-56-53-50-48-45-30-28-26-23-20-17-14-11-8-5-2/h7,10,12,15-17,19-21,24-28,31-32,34-35,37-38,40-41,43-45,47-49,74H,4-6,8-9,11,13-14,18,22-23,29-30,33,36,39,42,46,50-73H2,1-3H3/b10-7-,15-12-,19-16-,20-17-,24-21-,27-25-,28-26-,32-31-,35-34-,38-37-,41-40-,44-43-,48-45-,49-47-. The third-order valence-electron chi connectivity index (χ3n) is 13.7. The fourth-order valence-electron chi connectivity index (χ4n) is 8.66. The number of carbonyl (C=O) groups excluding carboxylic acids is 3. The van der Waals surface area contributed by atoms with Crippen LogP contribution in [-0.4, -0.2) is 37.2 Å². The maximum absolute atomic E-state index is 12.9. The van der Waals surface area contributed by atoms with Crippen molar-refractivity contribution < 1.29 is 28.6 Å². The number of hydrogen-bond donors (Lipinski definition) is 0. The summed E-state index contributed by atoms with van der Waals surface area (Å²) in [4.78, 5) is 38.3. The zero-order valence-corrected chi connectivity index (χ0v) is 53.4. The molecule has 0 aromatic carbocycles. The highest BCUT2D eigenvalue weighted by Gasteiger charge is 2.19. The highest BCUT2D eigenvalue weighted by Crippen LogP contribution is 2.14. The molecule has 0 aliphatic heterocycles. The van der Waals surface area contributed by atoms with Gasteiger partial charge in [0.2, 0.25) is 0 Å². The third kappa shape index (κ3) is 67.4. The molecule has 0 bridgehead atoms. The molecule has 0 heterocycles. The largest absolute Gasteiger partial charge is 0.462 e. The quantitative estimate of drug-likeness (QED) is 0.0261. The molecule has 0 fully saturated rings. The summed E-state index contributed by atoms with van der Waals surface area (Å²) in [6, 6.07) is 0. The lowest BCUT2D eigenvalue weighted by Crippen LogP contribution is -2.30. The Kier molecular flexibility index (Phi) is 64.9. The summed E-state index contributed by atoms with van der Waals surface area (Å²) in [6.07, 6.45) is 102. The average Bonchev–Trinajstić information content (AvgIpc) is 3.49. The minimum atomic E-state index is -0.809. The van der Waals surface area contributed by atoms with Gasteiger partial charge in [0.25, 0.3) is 0 Å². The van der Waals surface area contributed by atoms with E-state index in [0.29, 0.717) is 19.3 Å². The Morgan fingerprint density at radius 1 is 0.253 bits per heavy atom. The lowest BCUT2D eigenvalue weighted by molar-refractivity contribution is -0.167. The molecule has 1 atom stereocenters. The molecule has 83 heavy (non-hydrogen) atoms. The van der Waals surface area contributed by atoms with Gasteiger partial charge in [-0.15, -0.1) is 0 Å². The summed E-state index contributed by atoms with van der Waals surface area (Å²) >= 11 is 0. The van der Waals surface area contributed by atoms with E-state index in [1.807, 2.05) is 0 Å². The summed E-state index contributed by atoms with van der Waals surface area (Å²) < 4.78 is 16.9. The van der Waals surface area contributed by atoms with Gasteiger partial charge in [-0.1, -0.05) is 274 Å². The number of allylic oxidation sites excluding steroid dienone is 28. The van der Waals surface area contributed by atoms with E-state index >= 15 is 0 Å². The van der Waals surface area contributed by atoms with Gasteiger partial charge in [-0.3, -0.25) is 14.4 Å². The minimum absolute atomic E-state index is 0.104. The molecule has 6 nitrogen and oxygen atoms in total. The summed E-state index contributed by atoms with van der Waals surface area (Å²) in [5.41, 5.74) is 0. The first-order valence-corrected chi connectivity index (χ1v) is 33.6. The normalized spacial score (nSPS) is 13.2.